The van der Waals surface area contributed by atoms with Crippen LogP contribution in [0.1, 0.15) is 44.7 Å². The molecule has 0 saturated heterocycles. The summed E-state index contributed by atoms with van der Waals surface area (Å²) in [4.78, 5) is 22.4. The fourth-order valence-corrected chi connectivity index (χ4v) is 2.30. The Morgan fingerprint density at radius 2 is 1.76 bits per heavy atom. The number of hydrogen-bond donors (Lipinski definition) is 2. The molecule has 0 heterocycles. The van der Waals surface area contributed by atoms with Crippen LogP contribution >= 0.6 is 0 Å². The summed E-state index contributed by atoms with van der Waals surface area (Å²) in [7, 11) is 3.09. The Morgan fingerprint density at radius 3 is 2.24 bits per heavy atom. The third-order valence-corrected chi connectivity index (χ3v) is 3.41. The monoisotopic (exact) mass is 296 g/mol. The topological polar surface area (TPSA) is 93.1 Å². The lowest BCUT2D eigenvalue weighted by Crippen LogP contribution is -2.14. The average Bonchev–Trinajstić information content (AvgIpc) is 2.42. The number of aryl methyl sites for hydroxylation is 1. The van der Waals surface area contributed by atoms with Crippen LogP contribution in [0.3, 0.4) is 0 Å². The first-order chi connectivity index (χ1) is 9.92. The molecule has 0 aliphatic rings. The van der Waals surface area contributed by atoms with E-state index in [2.05, 4.69) is 0 Å². The molecule has 0 unspecified atom stereocenters. The van der Waals surface area contributed by atoms with Gasteiger partial charge in [-0.25, -0.2) is 9.59 Å². The van der Waals surface area contributed by atoms with E-state index in [0.717, 1.165) is 0 Å². The van der Waals surface area contributed by atoms with Gasteiger partial charge >= 0.3 is 11.9 Å². The van der Waals surface area contributed by atoms with Gasteiger partial charge in [-0.05, 0) is 43.4 Å². The van der Waals surface area contributed by atoms with Gasteiger partial charge in [-0.3, -0.25) is 0 Å². The maximum absolute atomic E-state index is 11.4. The van der Waals surface area contributed by atoms with E-state index in [4.69, 9.17) is 14.6 Å². The Morgan fingerprint density at radius 1 is 1.14 bits per heavy atom. The van der Waals surface area contributed by atoms with Crippen molar-refractivity contribution in [1.29, 1.82) is 0 Å². The van der Waals surface area contributed by atoms with Gasteiger partial charge in [-0.2, -0.15) is 0 Å². The smallest absolute Gasteiger partial charge is 0.336 e. The molecule has 21 heavy (non-hydrogen) atoms. The lowest BCUT2D eigenvalue weighted by atomic mass is 9.94. The van der Waals surface area contributed by atoms with Crippen LogP contribution in [-0.2, 0) is 15.9 Å². The van der Waals surface area contributed by atoms with Crippen molar-refractivity contribution in [2.75, 3.05) is 14.2 Å². The lowest BCUT2D eigenvalue weighted by molar-refractivity contribution is -0.106. The molecule has 0 aliphatic carbocycles. The van der Waals surface area contributed by atoms with Crippen molar-refractivity contribution >= 4 is 11.9 Å². The molecule has 1 aromatic rings. The number of carboxylic acids is 2. The van der Waals surface area contributed by atoms with Crippen LogP contribution in [0.25, 0.3) is 0 Å². The maximum atomic E-state index is 11.4. The Kier molecular flexibility index (Phi) is 6.33. The van der Waals surface area contributed by atoms with E-state index < -0.39 is 11.9 Å². The molecule has 0 fully saturated rings. The largest absolute Gasteiger partial charge is 0.478 e. The number of rotatable bonds is 8. The van der Waals surface area contributed by atoms with Crippen molar-refractivity contribution in [1.82, 2.24) is 0 Å². The molecule has 0 saturated carbocycles. The third kappa shape index (κ3) is 4.27. The fourth-order valence-electron chi connectivity index (χ4n) is 2.30. The van der Waals surface area contributed by atoms with E-state index in [1.165, 1.54) is 13.0 Å². The van der Waals surface area contributed by atoms with E-state index in [9.17, 15) is 14.7 Å². The minimum Gasteiger partial charge on any atom is -0.478 e. The summed E-state index contributed by atoms with van der Waals surface area (Å²) in [6.07, 6.45) is 1.51. The molecule has 0 amide bonds. The molecule has 1 rings (SSSR count). The minimum absolute atomic E-state index is 0.0165. The molecular weight excluding hydrogens is 276 g/mol. The Labute approximate surface area is 123 Å². The summed E-state index contributed by atoms with van der Waals surface area (Å²) in [6.45, 7) is 1.52. The molecule has 116 valence electrons. The average molecular weight is 296 g/mol. The standard InChI is InChI=1S/C15H20O6/c1-9-11(14(16)17)8-7-10(13(9)15(18)19)5-4-6-12(20-2)21-3/h7-8,12H,4-6H2,1-3H3,(H,16,17)(H,18,19). The van der Waals surface area contributed by atoms with Gasteiger partial charge in [0.2, 0.25) is 0 Å². The molecule has 0 radical (unpaired) electrons. The third-order valence-electron chi connectivity index (χ3n) is 3.41. The van der Waals surface area contributed by atoms with Gasteiger partial charge in [-0.1, -0.05) is 6.07 Å². The molecule has 0 spiro atoms. The van der Waals surface area contributed by atoms with Gasteiger partial charge in [0.15, 0.2) is 6.29 Å². The minimum atomic E-state index is -1.12. The van der Waals surface area contributed by atoms with Crippen LogP contribution in [0.5, 0.6) is 0 Å². The van der Waals surface area contributed by atoms with E-state index >= 15 is 0 Å². The molecule has 0 bridgehead atoms. The van der Waals surface area contributed by atoms with Crippen molar-refractivity contribution in [3.05, 3.63) is 34.4 Å². The van der Waals surface area contributed by atoms with Crippen LogP contribution in [0.4, 0.5) is 0 Å². The number of aromatic carboxylic acids is 2. The van der Waals surface area contributed by atoms with Crippen LogP contribution < -0.4 is 0 Å². The molecule has 6 heteroatoms. The summed E-state index contributed by atoms with van der Waals surface area (Å²) in [5.74, 6) is -2.24. The number of benzene rings is 1. The highest BCUT2D eigenvalue weighted by molar-refractivity contribution is 5.97. The first-order valence-corrected chi connectivity index (χ1v) is 6.57. The summed E-state index contributed by atoms with van der Waals surface area (Å²) in [5.41, 5.74) is 0.989. The number of hydrogen-bond acceptors (Lipinski definition) is 4. The van der Waals surface area contributed by atoms with Gasteiger partial charge < -0.3 is 19.7 Å². The lowest BCUT2D eigenvalue weighted by Gasteiger charge is -2.14. The number of ether oxygens (including phenoxy) is 2. The Hall–Kier alpha value is -1.92. The maximum Gasteiger partial charge on any atom is 0.336 e. The molecule has 0 aliphatic heterocycles. The van der Waals surface area contributed by atoms with Gasteiger partial charge in [-0.15, -0.1) is 0 Å². The van der Waals surface area contributed by atoms with Gasteiger partial charge in [0.1, 0.15) is 0 Å². The summed E-state index contributed by atoms with van der Waals surface area (Å²) in [6, 6.07) is 3.01. The van der Waals surface area contributed by atoms with Crippen molar-refractivity contribution < 1.29 is 29.3 Å². The zero-order valence-corrected chi connectivity index (χ0v) is 12.4. The molecule has 1 aromatic carbocycles. The molecule has 6 nitrogen and oxygen atoms in total. The first-order valence-electron chi connectivity index (χ1n) is 6.57. The van der Waals surface area contributed by atoms with Crippen LogP contribution in [-0.4, -0.2) is 42.7 Å². The number of carboxylic acid groups (broad SMARTS) is 2. The van der Waals surface area contributed by atoms with E-state index in [1.807, 2.05) is 0 Å². The van der Waals surface area contributed by atoms with E-state index in [0.29, 0.717) is 24.8 Å². The quantitative estimate of drug-likeness (QED) is 0.715. The number of carbonyl (C=O) groups is 2. The zero-order chi connectivity index (χ0) is 16.0. The Balaban J connectivity index is 2.95. The zero-order valence-electron chi connectivity index (χ0n) is 12.4. The summed E-state index contributed by atoms with van der Waals surface area (Å²) < 4.78 is 10.1. The predicted molar refractivity (Wildman–Crippen MR) is 75.8 cm³/mol. The molecular formula is C15H20O6. The highest BCUT2D eigenvalue weighted by atomic mass is 16.7. The van der Waals surface area contributed by atoms with Gasteiger partial charge in [0, 0.05) is 14.2 Å². The predicted octanol–water partition coefficient (Wildman–Crippen LogP) is 2.33. The van der Waals surface area contributed by atoms with E-state index in [1.54, 1.807) is 20.3 Å². The number of methoxy groups -OCH3 is 2. The Bertz CT molecular complexity index is 519. The normalized spacial score (nSPS) is 10.9. The SMILES string of the molecule is COC(CCCc1ccc(C(=O)O)c(C)c1C(=O)O)OC. The van der Waals surface area contributed by atoms with Crippen molar-refractivity contribution in [2.24, 2.45) is 0 Å². The van der Waals surface area contributed by atoms with Crippen molar-refractivity contribution in [3.63, 3.8) is 0 Å². The van der Waals surface area contributed by atoms with Crippen LogP contribution in [0.15, 0.2) is 12.1 Å². The summed E-state index contributed by atoms with van der Waals surface area (Å²) in [5, 5.41) is 18.4. The second-order valence-corrected chi connectivity index (χ2v) is 4.68. The fraction of sp³-hybridized carbons (Fsp3) is 0.467. The first kappa shape index (κ1) is 17.1. The van der Waals surface area contributed by atoms with E-state index in [-0.39, 0.29) is 23.0 Å². The molecule has 0 atom stereocenters. The van der Waals surface area contributed by atoms with Gasteiger partial charge in [0.05, 0.1) is 11.1 Å². The highest BCUT2D eigenvalue weighted by Crippen LogP contribution is 2.21. The highest BCUT2D eigenvalue weighted by Gasteiger charge is 2.19. The molecule has 0 aromatic heterocycles. The molecule has 2 N–H and O–H groups in total. The van der Waals surface area contributed by atoms with Crippen LogP contribution in [0, 0.1) is 6.92 Å². The van der Waals surface area contributed by atoms with Crippen LogP contribution in [0.2, 0.25) is 0 Å². The second-order valence-electron chi connectivity index (χ2n) is 4.68. The van der Waals surface area contributed by atoms with Gasteiger partial charge in [0.25, 0.3) is 0 Å². The van der Waals surface area contributed by atoms with Crippen molar-refractivity contribution in [3.8, 4) is 0 Å². The second kappa shape index (κ2) is 7.75. The van der Waals surface area contributed by atoms with Crippen molar-refractivity contribution in [2.45, 2.75) is 32.5 Å². The summed E-state index contributed by atoms with van der Waals surface area (Å²) >= 11 is 0.